The highest BCUT2D eigenvalue weighted by Gasteiger charge is 2.32. The molecular weight excluding hydrogens is 220 g/mol. The predicted octanol–water partition coefficient (Wildman–Crippen LogP) is 2.84. The van der Waals surface area contributed by atoms with Crippen LogP contribution in [0.5, 0.6) is 0 Å². The van der Waals surface area contributed by atoms with Gasteiger partial charge in [0.25, 0.3) is 0 Å². The smallest absolute Gasteiger partial charge is 0.0421 e. The largest absolute Gasteiger partial charge is 0.366 e. The molecule has 0 amide bonds. The van der Waals surface area contributed by atoms with Crippen LogP contribution in [-0.4, -0.2) is 36.6 Å². The first kappa shape index (κ1) is 12.0. The maximum Gasteiger partial charge on any atom is 0.0421 e. The fraction of sp³-hybridized carbons (Fsp3) is 0.625. The van der Waals surface area contributed by atoms with E-state index in [4.69, 9.17) is 0 Å². The van der Waals surface area contributed by atoms with Gasteiger partial charge in [-0.05, 0) is 45.2 Å². The Morgan fingerprint density at radius 3 is 2.83 bits per heavy atom. The molecule has 1 aromatic carbocycles. The van der Waals surface area contributed by atoms with Gasteiger partial charge in [-0.15, -0.1) is 0 Å². The zero-order valence-electron chi connectivity index (χ0n) is 11.8. The molecule has 3 rings (SSSR count). The van der Waals surface area contributed by atoms with E-state index in [1.54, 1.807) is 5.56 Å². The molecule has 0 aliphatic carbocycles. The van der Waals surface area contributed by atoms with Crippen LogP contribution in [0.2, 0.25) is 0 Å². The van der Waals surface area contributed by atoms with Gasteiger partial charge < -0.3 is 4.90 Å². The van der Waals surface area contributed by atoms with Crippen LogP contribution < -0.4 is 4.90 Å². The fourth-order valence-electron chi connectivity index (χ4n) is 3.43. The van der Waals surface area contributed by atoms with Gasteiger partial charge in [-0.3, -0.25) is 4.90 Å². The van der Waals surface area contributed by atoms with Crippen molar-refractivity contribution in [3.05, 3.63) is 29.3 Å². The Labute approximate surface area is 111 Å². The number of nitrogens with zero attached hydrogens (tertiary/aromatic N) is 2. The van der Waals surface area contributed by atoms with E-state index in [-0.39, 0.29) is 0 Å². The van der Waals surface area contributed by atoms with E-state index in [1.807, 2.05) is 0 Å². The molecule has 1 atom stereocenters. The number of fused-ring (bicyclic) bond motifs is 3. The second-order valence-corrected chi connectivity index (χ2v) is 6.11. The summed E-state index contributed by atoms with van der Waals surface area (Å²) in [5, 5.41) is 0. The number of piperazine rings is 1. The van der Waals surface area contributed by atoms with Crippen LogP contribution in [-0.2, 0) is 6.42 Å². The van der Waals surface area contributed by atoms with Gasteiger partial charge in [0.2, 0.25) is 0 Å². The summed E-state index contributed by atoms with van der Waals surface area (Å²) in [6.07, 6.45) is 2.57. The number of rotatable bonds is 1. The van der Waals surface area contributed by atoms with Crippen LogP contribution in [0, 0.1) is 6.92 Å². The van der Waals surface area contributed by atoms with Crippen LogP contribution in [0.25, 0.3) is 0 Å². The lowest BCUT2D eigenvalue weighted by Crippen LogP contribution is -2.56. The zero-order chi connectivity index (χ0) is 12.7. The lowest BCUT2D eigenvalue weighted by molar-refractivity contribution is 0.174. The van der Waals surface area contributed by atoms with Crippen LogP contribution in [0.1, 0.15) is 31.4 Å². The molecule has 0 aromatic heterocycles. The van der Waals surface area contributed by atoms with E-state index in [2.05, 4.69) is 48.8 Å². The minimum atomic E-state index is 0.687. The first-order valence-corrected chi connectivity index (χ1v) is 7.25. The summed E-state index contributed by atoms with van der Waals surface area (Å²) in [5.74, 6) is 0. The molecule has 18 heavy (non-hydrogen) atoms. The lowest BCUT2D eigenvalue weighted by Gasteiger charge is -2.47. The number of hydrogen-bond acceptors (Lipinski definition) is 2. The molecule has 1 saturated heterocycles. The van der Waals surface area contributed by atoms with Gasteiger partial charge in [0, 0.05) is 37.4 Å². The Morgan fingerprint density at radius 2 is 2.06 bits per heavy atom. The van der Waals surface area contributed by atoms with E-state index >= 15 is 0 Å². The van der Waals surface area contributed by atoms with E-state index in [9.17, 15) is 0 Å². The normalized spacial score (nSPS) is 24.0. The summed E-state index contributed by atoms with van der Waals surface area (Å²) in [7, 11) is 0. The third-order valence-electron chi connectivity index (χ3n) is 4.54. The zero-order valence-corrected chi connectivity index (χ0v) is 11.8. The summed E-state index contributed by atoms with van der Waals surface area (Å²) in [5.41, 5.74) is 4.46. The Balaban J connectivity index is 1.84. The van der Waals surface area contributed by atoms with Crippen LogP contribution in [0.3, 0.4) is 0 Å². The SMILES string of the molecule is Cc1ccc2c(c1)CCC1CN(C(C)C)CCN21. The highest BCUT2D eigenvalue weighted by Crippen LogP contribution is 2.33. The Bertz CT molecular complexity index is 439. The monoisotopic (exact) mass is 244 g/mol. The third kappa shape index (κ3) is 2.03. The average molecular weight is 244 g/mol. The molecule has 0 bridgehead atoms. The van der Waals surface area contributed by atoms with Gasteiger partial charge in [-0.2, -0.15) is 0 Å². The molecule has 2 aliphatic heterocycles. The molecule has 2 heteroatoms. The molecule has 1 unspecified atom stereocenters. The van der Waals surface area contributed by atoms with Crippen molar-refractivity contribution in [2.45, 2.75) is 45.7 Å². The molecule has 2 aliphatic rings. The second-order valence-electron chi connectivity index (χ2n) is 6.11. The molecular formula is C16H24N2. The summed E-state index contributed by atoms with van der Waals surface area (Å²) < 4.78 is 0. The first-order chi connectivity index (χ1) is 8.65. The molecule has 0 spiro atoms. The quantitative estimate of drug-likeness (QED) is 0.749. The molecule has 2 heterocycles. The maximum atomic E-state index is 2.65. The standard InChI is InChI=1S/C16H24N2/c1-12(2)17-8-9-18-15(11-17)6-5-14-10-13(3)4-7-16(14)18/h4,7,10,12,15H,5-6,8-9,11H2,1-3H3. The molecule has 1 fully saturated rings. The van der Waals surface area contributed by atoms with Crippen LogP contribution in [0.4, 0.5) is 5.69 Å². The number of anilines is 1. The molecule has 0 radical (unpaired) electrons. The summed E-state index contributed by atoms with van der Waals surface area (Å²) in [6, 6.07) is 8.39. The number of benzene rings is 1. The average Bonchev–Trinajstić information content (AvgIpc) is 2.37. The topological polar surface area (TPSA) is 6.48 Å². The van der Waals surface area contributed by atoms with Crippen molar-refractivity contribution in [1.82, 2.24) is 4.90 Å². The molecule has 0 N–H and O–H groups in total. The molecule has 2 nitrogen and oxygen atoms in total. The second kappa shape index (κ2) is 4.58. The van der Waals surface area contributed by atoms with Gasteiger partial charge in [-0.25, -0.2) is 0 Å². The van der Waals surface area contributed by atoms with Gasteiger partial charge >= 0.3 is 0 Å². The molecule has 98 valence electrons. The van der Waals surface area contributed by atoms with Gasteiger partial charge in [0.1, 0.15) is 0 Å². The number of aryl methyl sites for hydroxylation is 2. The number of hydrogen-bond donors (Lipinski definition) is 0. The highest BCUT2D eigenvalue weighted by atomic mass is 15.3. The van der Waals surface area contributed by atoms with E-state index in [0.717, 1.165) is 6.04 Å². The van der Waals surface area contributed by atoms with Gasteiger partial charge in [0.05, 0.1) is 0 Å². The highest BCUT2D eigenvalue weighted by molar-refractivity contribution is 5.58. The first-order valence-electron chi connectivity index (χ1n) is 7.25. The van der Waals surface area contributed by atoms with E-state index in [1.165, 1.54) is 43.7 Å². The maximum absolute atomic E-state index is 2.65. The van der Waals surface area contributed by atoms with Crippen molar-refractivity contribution in [3.63, 3.8) is 0 Å². The summed E-state index contributed by atoms with van der Waals surface area (Å²) >= 11 is 0. The van der Waals surface area contributed by atoms with E-state index < -0.39 is 0 Å². The predicted molar refractivity (Wildman–Crippen MR) is 77.3 cm³/mol. The summed E-state index contributed by atoms with van der Waals surface area (Å²) in [6.45, 7) is 10.5. The molecule has 0 saturated carbocycles. The van der Waals surface area contributed by atoms with Crippen molar-refractivity contribution in [2.75, 3.05) is 24.5 Å². The van der Waals surface area contributed by atoms with Crippen LogP contribution in [0.15, 0.2) is 18.2 Å². The van der Waals surface area contributed by atoms with Crippen molar-refractivity contribution in [2.24, 2.45) is 0 Å². The minimum Gasteiger partial charge on any atom is -0.366 e. The Kier molecular flexibility index (Phi) is 3.06. The van der Waals surface area contributed by atoms with Crippen molar-refractivity contribution < 1.29 is 0 Å². The molecule has 1 aromatic rings. The Hall–Kier alpha value is -1.02. The van der Waals surface area contributed by atoms with Crippen molar-refractivity contribution in [3.8, 4) is 0 Å². The lowest BCUT2D eigenvalue weighted by atomic mass is 9.92. The van der Waals surface area contributed by atoms with Crippen molar-refractivity contribution in [1.29, 1.82) is 0 Å². The van der Waals surface area contributed by atoms with Crippen molar-refractivity contribution >= 4 is 5.69 Å². The Morgan fingerprint density at radius 1 is 1.22 bits per heavy atom. The van der Waals surface area contributed by atoms with Crippen LogP contribution >= 0.6 is 0 Å². The minimum absolute atomic E-state index is 0.687. The summed E-state index contributed by atoms with van der Waals surface area (Å²) in [4.78, 5) is 5.28. The third-order valence-corrected chi connectivity index (χ3v) is 4.54. The fourth-order valence-corrected chi connectivity index (χ4v) is 3.43. The van der Waals surface area contributed by atoms with Gasteiger partial charge in [0.15, 0.2) is 0 Å². The van der Waals surface area contributed by atoms with Gasteiger partial charge in [-0.1, -0.05) is 17.7 Å². The van der Waals surface area contributed by atoms with E-state index in [0.29, 0.717) is 6.04 Å².